The summed E-state index contributed by atoms with van der Waals surface area (Å²) in [6.45, 7) is 1.20. The monoisotopic (exact) mass is 406 g/mol. The zero-order chi connectivity index (χ0) is 20.5. The number of aliphatic hydroxyl groups excluding tert-OH is 2. The first-order valence-electron chi connectivity index (χ1n) is 10.6. The SMILES string of the molecule is COc1ccc(COC[C@H](O)C/C(=C\CO)C[C@@H]2COC3(CCCCC3)O2)cc1. The van der Waals surface area contributed by atoms with Gasteiger partial charge in [-0.2, -0.15) is 0 Å². The van der Waals surface area contributed by atoms with Crippen molar-refractivity contribution in [2.45, 2.75) is 69.5 Å². The van der Waals surface area contributed by atoms with Gasteiger partial charge in [0, 0.05) is 12.8 Å². The molecule has 6 nitrogen and oxygen atoms in total. The van der Waals surface area contributed by atoms with Crippen LogP contribution in [0.1, 0.15) is 50.5 Å². The topological polar surface area (TPSA) is 77.4 Å². The zero-order valence-electron chi connectivity index (χ0n) is 17.3. The van der Waals surface area contributed by atoms with Crippen molar-refractivity contribution < 1.29 is 29.2 Å². The lowest BCUT2D eigenvalue weighted by Gasteiger charge is -2.31. The third-order valence-electron chi connectivity index (χ3n) is 5.63. The van der Waals surface area contributed by atoms with E-state index in [-0.39, 0.29) is 19.3 Å². The first-order valence-corrected chi connectivity index (χ1v) is 10.6. The third-order valence-corrected chi connectivity index (χ3v) is 5.63. The van der Waals surface area contributed by atoms with Gasteiger partial charge < -0.3 is 29.2 Å². The molecule has 1 saturated heterocycles. The molecule has 1 aliphatic heterocycles. The van der Waals surface area contributed by atoms with Crippen molar-refractivity contribution >= 4 is 0 Å². The van der Waals surface area contributed by atoms with Gasteiger partial charge in [0.25, 0.3) is 0 Å². The number of aliphatic hydroxyl groups is 2. The number of methoxy groups -OCH3 is 1. The summed E-state index contributed by atoms with van der Waals surface area (Å²) >= 11 is 0. The molecule has 6 heteroatoms. The molecule has 3 rings (SSSR count). The van der Waals surface area contributed by atoms with Crippen molar-refractivity contribution in [3.63, 3.8) is 0 Å². The molecule has 0 unspecified atom stereocenters. The zero-order valence-corrected chi connectivity index (χ0v) is 17.3. The summed E-state index contributed by atoms with van der Waals surface area (Å²) in [5.41, 5.74) is 2.01. The van der Waals surface area contributed by atoms with E-state index in [0.717, 1.165) is 42.6 Å². The van der Waals surface area contributed by atoms with E-state index >= 15 is 0 Å². The predicted octanol–water partition coefficient (Wildman–Crippen LogP) is 3.35. The molecule has 2 aliphatic rings. The van der Waals surface area contributed by atoms with Crippen molar-refractivity contribution in [2.75, 3.05) is 26.9 Å². The van der Waals surface area contributed by atoms with E-state index in [2.05, 4.69) is 0 Å². The Kier molecular flexibility index (Phi) is 8.51. The second kappa shape index (κ2) is 11.1. The van der Waals surface area contributed by atoms with Gasteiger partial charge in [0.15, 0.2) is 5.79 Å². The van der Waals surface area contributed by atoms with Crippen LogP contribution in [0.5, 0.6) is 5.75 Å². The second-order valence-electron chi connectivity index (χ2n) is 7.99. The summed E-state index contributed by atoms with van der Waals surface area (Å²) in [7, 11) is 1.64. The van der Waals surface area contributed by atoms with Gasteiger partial charge in [-0.1, -0.05) is 30.2 Å². The molecule has 2 fully saturated rings. The second-order valence-corrected chi connectivity index (χ2v) is 7.99. The molecule has 0 amide bonds. The molecule has 162 valence electrons. The molecule has 1 aromatic rings. The van der Waals surface area contributed by atoms with Crippen molar-refractivity contribution in [3.05, 3.63) is 41.5 Å². The first-order chi connectivity index (χ1) is 14.1. The van der Waals surface area contributed by atoms with Crippen LogP contribution in [-0.2, 0) is 20.8 Å². The summed E-state index contributed by atoms with van der Waals surface area (Å²) < 4.78 is 23.0. The van der Waals surface area contributed by atoms with Crippen LogP contribution in [0.15, 0.2) is 35.9 Å². The average Bonchev–Trinajstić information content (AvgIpc) is 3.10. The number of benzene rings is 1. The van der Waals surface area contributed by atoms with Crippen LogP contribution in [0, 0.1) is 0 Å². The van der Waals surface area contributed by atoms with Gasteiger partial charge in [-0.3, -0.25) is 0 Å². The summed E-state index contributed by atoms with van der Waals surface area (Å²) in [6, 6.07) is 7.67. The standard InChI is InChI=1S/C23H34O6/c1-26-21-7-5-18(6-8-21)15-27-16-20(25)13-19(9-12-24)14-22-17-28-23(29-22)10-3-2-4-11-23/h5-9,20,22,24-25H,2-4,10-17H2,1H3/b19-9+/t20-,22-/m1/s1. The Morgan fingerprint density at radius 3 is 2.69 bits per heavy atom. The molecule has 0 bridgehead atoms. The van der Waals surface area contributed by atoms with E-state index in [1.807, 2.05) is 24.3 Å². The van der Waals surface area contributed by atoms with E-state index in [1.54, 1.807) is 13.2 Å². The van der Waals surface area contributed by atoms with Crippen molar-refractivity contribution in [2.24, 2.45) is 0 Å². The Hall–Kier alpha value is -1.44. The van der Waals surface area contributed by atoms with E-state index in [9.17, 15) is 10.2 Å². The van der Waals surface area contributed by atoms with Crippen LogP contribution < -0.4 is 4.74 Å². The Morgan fingerprint density at radius 1 is 1.24 bits per heavy atom. The van der Waals surface area contributed by atoms with Gasteiger partial charge in [-0.05, 0) is 43.4 Å². The number of rotatable bonds is 10. The van der Waals surface area contributed by atoms with Gasteiger partial charge in [0.2, 0.25) is 0 Å². The molecule has 0 aromatic heterocycles. The minimum absolute atomic E-state index is 0.0154. The number of hydrogen-bond acceptors (Lipinski definition) is 6. The summed E-state index contributed by atoms with van der Waals surface area (Å²) in [6.07, 6.45) is 7.71. The van der Waals surface area contributed by atoms with Crippen molar-refractivity contribution in [1.29, 1.82) is 0 Å². The average molecular weight is 407 g/mol. The van der Waals surface area contributed by atoms with Gasteiger partial charge >= 0.3 is 0 Å². The fraction of sp³-hybridized carbons (Fsp3) is 0.652. The fourth-order valence-electron chi connectivity index (χ4n) is 4.14. The Morgan fingerprint density at radius 2 is 2.00 bits per heavy atom. The number of ether oxygens (including phenoxy) is 4. The minimum Gasteiger partial charge on any atom is -0.497 e. The highest BCUT2D eigenvalue weighted by molar-refractivity contribution is 5.26. The smallest absolute Gasteiger partial charge is 0.168 e. The minimum atomic E-state index is -0.628. The van der Waals surface area contributed by atoms with Crippen LogP contribution in [0.2, 0.25) is 0 Å². The third kappa shape index (κ3) is 6.79. The normalized spacial score (nSPS) is 22.7. The van der Waals surface area contributed by atoms with Gasteiger partial charge in [0.1, 0.15) is 5.75 Å². The summed E-state index contributed by atoms with van der Waals surface area (Å²) in [5, 5.41) is 19.7. The highest BCUT2D eigenvalue weighted by atomic mass is 16.7. The molecule has 1 spiro atoms. The molecule has 29 heavy (non-hydrogen) atoms. The molecular formula is C23H34O6. The molecule has 2 N–H and O–H groups in total. The predicted molar refractivity (Wildman–Crippen MR) is 110 cm³/mol. The van der Waals surface area contributed by atoms with Crippen LogP contribution in [0.25, 0.3) is 0 Å². The fourth-order valence-corrected chi connectivity index (χ4v) is 4.14. The van der Waals surface area contributed by atoms with E-state index in [4.69, 9.17) is 18.9 Å². The van der Waals surface area contributed by atoms with Crippen molar-refractivity contribution in [3.8, 4) is 5.75 Å². The van der Waals surface area contributed by atoms with Crippen LogP contribution in [0.4, 0.5) is 0 Å². The lowest BCUT2D eigenvalue weighted by molar-refractivity contribution is -0.186. The van der Waals surface area contributed by atoms with Gasteiger partial charge in [0.05, 0.1) is 45.7 Å². The molecule has 1 aliphatic carbocycles. The van der Waals surface area contributed by atoms with E-state index < -0.39 is 11.9 Å². The highest BCUT2D eigenvalue weighted by Gasteiger charge is 2.42. The Labute approximate surface area is 173 Å². The largest absolute Gasteiger partial charge is 0.497 e. The lowest BCUT2D eigenvalue weighted by Crippen LogP contribution is -2.33. The molecule has 2 atom stereocenters. The molecule has 1 heterocycles. The summed E-state index contributed by atoms with van der Waals surface area (Å²) in [5.74, 6) is 0.411. The maximum atomic E-state index is 10.4. The van der Waals surface area contributed by atoms with Gasteiger partial charge in [-0.25, -0.2) is 0 Å². The quantitative estimate of drug-likeness (QED) is 0.581. The Balaban J connectivity index is 1.41. The van der Waals surface area contributed by atoms with Crippen LogP contribution in [-0.4, -0.2) is 55.1 Å². The van der Waals surface area contributed by atoms with Crippen LogP contribution in [0.3, 0.4) is 0 Å². The highest BCUT2D eigenvalue weighted by Crippen LogP contribution is 2.39. The molecule has 1 saturated carbocycles. The van der Waals surface area contributed by atoms with Gasteiger partial charge in [-0.15, -0.1) is 0 Å². The maximum absolute atomic E-state index is 10.4. The van der Waals surface area contributed by atoms with E-state index in [0.29, 0.717) is 26.1 Å². The Bertz CT molecular complexity index is 635. The van der Waals surface area contributed by atoms with E-state index in [1.165, 1.54) is 6.42 Å². The lowest BCUT2D eigenvalue weighted by atomic mass is 9.94. The first kappa shape index (κ1) is 22.2. The van der Waals surface area contributed by atoms with Crippen molar-refractivity contribution in [1.82, 2.24) is 0 Å². The molecule has 0 radical (unpaired) electrons. The maximum Gasteiger partial charge on any atom is 0.168 e. The summed E-state index contributed by atoms with van der Waals surface area (Å²) in [4.78, 5) is 0. The molecule has 1 aromatic carbocycles. The van der Waals surface area contributed by atoms with Crippen LogP contribution >= 0.6 is 0 Å². The molecular weight excluding hydrogens is 372 g/mol. The number of hydrogen-bond donors (Lipinski definition) is 2.